The number of nitrogens with one attached hydrogen (secondary N) is 2. The van der Waals surface area contributed by atoms with Gasteiger partial charge in [-0.25, -0.2) is 9.97 Å². The van der Waals surface area contributed by atoms with E-state index in [1.165, 1.54) is 0 Å². The Kier molecular flexibility index (Phi) is 9.17. The molecule has 0 spiro atoms. The first kappa shape index (κ1) is 31.6. The van der Waals surface area contributed by atoms with Crippen molar-refractivity contribution in [3.05, 3.63) is 88.5 Å². The number of allylic oxidation sites excluding steroid dienone is 5. The Balaban J connectivity index is 0.00000423. The summed E-state index contributed by atoms with van der Waals surface area (Å²) in [6.07, 6.45) is 4.22. The molecule has 0 saturated carbocycles. The van der Waals surface area contributed by atoms with Crippen LogP contribution < -0.4 is 0 Å². The molecule has 2 aliphatic rings. The van der Waals surface area contributed by atoms with E-state index in [4.69, 9.17) is 9.97 Å². The number of fused-ring (bicyclic) bond motifs is 8. The molecule has 5 rings (SSSR count). The number of nitrogens with zero attached hydrogens (tertiary/aromatic N) is 2. The number of hydrogen-bond donors (Lipinski definition) is 4. The van der Waals surface area contributed by atoms with Crippen LogP contribution in [0.25, 0.3) is 50.4 Å². The van der Waals surface area contributed by atoms with E-state index in [1.54, 1.807) is 6.08 Å². The summed E-state index contributed by atoms with van der Waals surface area (Å²) in [4.78, 5) is 40.0. The average Bonchev–Trinajstić information content (AvgIpc) is 3.59. The van der Waals surface area contributed by atoms with Crippen molar-refractivity contribution < 1.29 is 19.8 Å². The summed E-state index contributed by atoms with van der Waals surface area (Å²) in [6, 6.07) is 7.88. The first-order valence-electron chi connectivity index (χ1n) is 13.9. The van der Waals surface area contributed by atoms with Crippen LogP contribution in [0.3, 0.4) is 0 Å². The van der Waals surface area contributed by atoms with E-state index in [1.807, 2.05) is 58.0 Å². The van der Waals surface area contributed by atoms with Crippen LogP contribution in [-0.4, -0.2) is 61.9 Å². The number of carbonyl (C=O) groups is 2. The standard InChI is InChI=1S/C34H34N4O4.Ga.3H/c1-7-21-17(3)25-13-26-19(5)23(9-11-33(39)40)31(37-26)16-32-24(10-12-34(41)42)20(6)28(38-32)15-30-22(8-2)18(4)27(36-30)14-29(21)35-25;;;;/h7-8,13-16,35,38H,1-2,9-12H2,3-6H3,(H,39,40)(H,41,42);;;;. The fourth-order valence-electron chi connectivity index (χ4n) is 5.77. The normalized spacial score (nSPS) is 12.7. The Hall–Kier alpha value is -4.34. The third-order valence-electron chi connectivity index (χ3n) is 8.22. The number of H-pyrrole nitrogens is 2. The molecule has 220 valence electrons. The summed E-state index contributed by atoms with van der Waals surface area (Å²) in [5, 5.41) is 18.9. The molecule has 0 fully saturated rings. The molecule has 3 aromatic rings. The zero-order valence-corrected chi connectivity index (χ0v) is 24.3. The Morgan fingerprint density at radius 1 is 0.721 bits per heavy atom. The van der Waals surface area contributed by atoms with Crippen molar-refractivity contribution in [1.82, 2.24) is 19.9 Å². The van der Waals surface area contributed by atoms with Crippen LogP contribution in [0.5, 0.6) is 0 Å². The molecule has 0 radical (unpaired) electrons. The predicted octanol–water partition coefficient (Wildman–Crippen LogP) is 6.32. The number of carboxylic acid groups (broad SMARTS) is 2. The van der Waals surface area contributed by atoms with E-state index in [-0.39, 0.29) is 32.6 Å². The van der Waals surface area contributed by atoms with Crippen LogP contribution >= 0.6 is 0 Å². The van der Waals surface area contributed by atoms with Crippen LogP contribution in [-0.2, 0) is 16.0 Å². The first-order chi connectivity index (χ1) is 20.0. The molecule has 2 aliphatic heterocycles. The monoisotopic (exact) mass is 634 g/mol. The molecule has 0 aliphatic carbocycles. The van der Waals surface area contributed by atoms with Crippen LogP contribution in [0.1, 0.15) is 78.1 Å². The molecular weight excluding hydrogens is 598 g/mol. The van der Waals surface area contributed by atoms with E-state index in [0.29, 0.717) is 18.5 Å². The summed E-state index contributed by atoms with van der Waals surface area (Å²) in [7, 11) is 0. The van der Waals surface area contributed by atoms with E-state index in [0.717, 1.165) is 83.7 Å². The zero-order chi connectivity index (χ0) is 30.3. The molecule has 9 heteroatoms. The van der Waals surface area contributed by atoms with Gasteiger partial charge in [-0.1, -0.05) is 25.3 Å². The molecule has 5 heterocycles. The van der Waals surface area contributed by atoms with Crippen LogP contribution in [0, 0.1) is 13.8 Å². The molecule has 0 atom stereocenters. The van der Waals surface area contributed by atoms with Gasteiger partial charge >= 0.3 is 31.7 Å². The van der Waals surface area contributed by atoms with Crippen molar-refractivity contribution in [2.75, 3.05) is 0 Å². The summed E-state index contributed by atoms with van der Waals surface area (Å²) < 4.78 is 0. The molecule has 8 bridgehead atoms. The molecule has 0 aromatic carbocycles. The number of aryl methyl sites for hydroxylation is 3. The number of aromatic nitrogens is 4. The minimum atomic E-state index is -0.883. The van der Waals surface area contributed by atoms with Crippen LogP contribution in [0.4, 0.5) is 0 Å². The van der Waals surface area contributed by atoms with Gasteiger partial charge in [0.25, 0.3) is 0 Å². The molecule has 0 amide bonds. The average molecular weight is 635 g/mol. The van der Waals surface area contributed by atoms with Gasteiger partial charge in [-0.15, -0.1) is 0 Å². The number of rotatable bonds is 8. The molecule has 8 nitrogen and oxygen atoms in total. The molecular formula is C34H37GaN4O4. The van der Waals surface area contributed by atoms with Gasteiger partial charge in [-0.3, -0.25) is 9.59 Å². The Labute approximate surface area is 263 Å². The first-order valence-corrected chi connectivity index (χ1v) is 13.9. The quantitative estimate of drug-likeness (QED) is 0.214. The van der Waals surface area contributed by atoms with Gasteiger partial charge in [0.15, 0.2) is 0 Å². The predicted molar refractivity (Wildman–Crippen MR) is 179 cm³/mol. The summed E-state index contributed by atoms with van der Waals surface area (Å²) in [6.45, 7) is 16.0. The van der Waals surface area contributed by atoms with E-state index in [2.05, 4.69) is 23.1 Å². The molecule has 0 saturated heterocycles. The second-order valence-corrected chi connectivity index (χ2v) is 10.7. The summed E-state index contributed by atoms with van der Waals surface area (Å²) in [5.74, 6) is -1.76. The van der Waals surface area contributed by atoms with Gasteiger partial charge in [-0.2, -0.15) is 0 Å². The van der Waals surface area contributed by atoms with Crippen molar-refractivity contribution in [3.8, 4) is 0 Å². The fourth-order valence-corrected chi connectivity index (χ4v) is 5.77. The second kappa shape index (κ2) is 12.5. The van der Waals surface area contributed by atoms with Gasteiger partial charge in [-0.05, 0) is 98.2 Å². The van der Waals surface area contributed by atoms with Crippen molar-refractivity contribution in [3.63, 3.8) is 0 Å². The number of carboxylic acids is 2. The van der Waals surface area contributed by atoms with Gasteiger partial charge < -0.3 is 20.2 Å². The molecule has 3 aromatic heterocycles. The van der Waals surface area contributed by atoms with Crippen molar-refractivity contribution in [2.24, 2.45) is 0 Å². The Morgan fingerprint density at radius 3 is 1.91 bits per heavy atom. The van der Waals surface area contributed by atoms with E-state index >= 15 is 0 Å². The summed E-state index contributed by atoms with van der Waals surface area (Å²) in [5.41, 5.74) is 13.7. The zero-order valence-electron chi connectivity index (χ0n) is 24.3. The summed E-state index contributed by atoms with van der Waals surface area (Å²) >= 11 is 0. The van der Waals surface area contributed by atoms with Crippen molar-refractivity contribution in [2.45, 2.75) is 53.4 Å². The third kappa shape index (κ3) is 5.96. The van der Waals surface area contributed by atoms with Crippen molar-refractivity contribution >= 4 is 82.2 Å². The molecule has 4 N–H and O–H groups in total. The van der Waals surface area contributed by atoms with E-state index in [9.17, 15) is 19.8 Å². The topological polar surface area (TPSA) is 132 Å². The van der Waals surface area contributed by atoms with Gasteiger partial charge in [0.2, 0.25) is 0 Å². The van der Waals surface area contributed by atoms with E-state index < -0.39 is 11.9 Å². The maximum absolute atomic E-state index is 11.5. The van der Waals surface area contributed by atoms with Gasteiger partial charge in [0.05, 0.1) is 22.8 Å². The molecule has 0 unspecified atom stereocenters. The third-order valence-corrected chi connectivity index (χ3v) is 8.22. The maximum atomic E-state index is 11.5. The Morgan fingerprint density at radius 2 is 1.26 bits per heavy atom. The Bertz CT molecular complexity index is 1920. The number of hydrogen-bond acceptors (Lipinski definition) is 4. The number of aromatic amines is 2. The van der Waals surface area contributed by atoms with Crippen molar-refractivity contribution in [1.29, 1.82) is 0 Å². The fraction of sp³-hybridized carbons (Fsp3) is 0.235. The van der Waals surface area contributed by atoms with Crippen LogP contribution in [0.15, 0.2) is 43.5 Å². The second-order valence-electron chi connectivity index (χ2n) is 10.7. The number of aliphatic carboxylic acids is 2. The SMILES string of the molecule is C=CC1=C(C)c2cc3[nH]c(cc4nc(cc5[nH]c(cc1n2)c(C)c5CCC(=O)O)C(CCC(=O)O)=C4C)c(C)c3C=C.[GaH3]. The van der Waals surface area contributed by atoms with Gasteiger partial charge in [0, 0.05) is 46.0 Å². The minimum absolute atomic E-state index is 0. The van der Waals surface area contributed by atoms with Gasteiger partial charge in [0.1, 0.15) is 0 Å². The van der Waals surface area contributed by atoms with Crippen LogP contribution in [0.2, 0.25) is 0 Å². The molecule has 43 heavy (non-hydrogen) atoms.